The molecule has 2 heterocycles. The van der Waals surface area contributed by atoms with Gasteiger partial charge in [-0.05, 0) is 11.6 Å². The lowest BCUT2D eigenvalue weighted by Gasteiger charge is -2.24. The molecule has 0 fully saturated rings. The number of rotatable bonds is 3. The lowest BCUT2D eigenvalue weighted by molar-refractivity contribution is -0.143. The monoisotopic (exact) mass is 335 g/mol. The van der Waals surface area contributed by atoms with Crippen LogP contribution in [0.5, 0.6) is 0 Å². The first kappa shape index (κ1) is 15.7. The standard InChI is InChI=1S/C16H17NO5S/c1-22-16(19)14-9-12-4-2-3-5-13(12)17(14)15(18)8-11-6-7-23(20,21)10-11/h2-7,11,14H,8-10H2,1H3. The quantitative estimate of drug-likeness (QED) is 0.772. The summed E-state index contributed by atoms with van der Waals surface area (Å²) in [6.07, 6.45) is 2.01. The van der Waals surface area contributed by atoms with Crippen molar-refractivity contribution in [3.63, 3.8) is 0 Å². The molecule has 0 N–H and O–H groups in total. The average Bonchev–Trinajstić information content (AvgIpc) is 3.06. The minimum atomic E-state index is -3.20. The van der Waals surface area contributed by atoms with Gasteiger partial charge in [0.1, 0.15) is 6.04 Å². The fourth-order valence-electron chi connectivity index (χ4n) is 3.11. The van der Waals surface area contributed by atoms with Crippen LogP contribution in [0.4, 0.5) is 5.69 Å². The van der Waals surface area contributed by atoms with Crippen LogP contribution in [0, 0.1) is 5.92 Å². The van der Waals surface area contributed by atoms with Crippen molar-refractivity contribution in [3.8, 4) is 0 Å². The number of para-hydroxylation sites is 1. The predicted octanol–water partition coefficient (Wildman–Crippen LogP) is 1.07. The molecule has 1 aromatic carbocycles. The van der Waals surface area contributed by atoms with E-state index in [9.17, 15) is 18.0 Å². The van der Waals surface area contributed by atoms with Crippen LogP contribution < -0.4 is 4.90 Å². The van der Waals surface area contributed by atoms with Crippen molar-refractivity contribution in [3.05, 3.63) is 41.3 Å². The molecule has 0 aliphatic carbocycles. The highest BCUT2D eigenvalue weighted by molar-refractivity contribution is 7.94. The van der Waals surface area contributed by atoms with Crippen molar-refractivity contribution in [1.82, 2.24) is 0 Å². The highest BCUT2D eigenvalue weighted by atomic mass is 32.2. The van der Waals surface area contributed by atoms with Gasteiger partial charge in [-0.1, -0.05) is 24.3 Å². The Morgan fingerprint density at radius 1 is 1.30 bits per heavy atom. The Labute approximate surface area is 134 Å². The number of benzene rings is 1. The number of carbonyl (C=O) groups is 2. The third-order valence-electron chi connectivity index (χ3n) is 4.16. The summed E-state index contributed by atoms with van der Waals surface area (Å²) in [7, 11) is -1.91. The maximum Gasteiger partial charge on any atom is 0.329 e. The summed E-state index contributed by atoms with van der Waals surface area (Å²) in [5, 5.41) is 1.15. The molecule has 0 bridgehead atoms. The molecule has 0 saturated carbocycles. The van der Waals surface area contributed by atoms with E-state index in [1.165, 1.54) is 12.0 Å². The highest BCUT2D eigenvalue weighted by Crippen LogP contribution is 2.34. The van der Waals surface area contributed by atoms with E-state index in [0.29, 0.717) is 12.1 Å². The van der Waals surface area contributed by atoms with Gasteiger partial charge in [0.15, 0.2) is 9.84 Å². The average molecular weight is 335 g/mol. The van der Waals surface area contributed by atoms with Gasteiger partial charge < -0.3 is 4.74 Å². The maximum atomic E-state index is 12.7. The molecule has 122 valence electrons. The largest absolute Gasteiger partial charge is 0.467 e. The van der Waals surface area contributed by atoms with Crippen molar-refractivity contribution in [2.45, 2.75) is 18.9 Å². The summed E-state index contributed by atoms with van der Waals surface area (Å²) in [6, 6.07) is 6.63. The lowest BCUT2D eigenvalue weighted by Crippen LogP contribution is -2.44. The molecule has 0 radical (unpaired) electrons. The predicted molar refractivity (Wildman–Crippen MR) is 84.5 cm³/mol. The molecule has 0 spiro atoms. The van der Waals surface area contributed by atoms with Gasteiger partial charge in [-0.15, -0.1) is 0 Å². The molecular formula is C16H17NO5S. The highest BCUT2D eigenvalue weighted by Gasteiger charge is 2.39. The molecule has 2 atom stereocenters. The Morgan fingerprint density at radius 2 is 2.04 bits per heavy atom. The smallest absolute Gasteiger partial charge is 0.329 e. The Morgan fingerprint density at radius 3 is 2.70 bits per heavy atom. The van der Waals surface area contributed by atoms with E-state index in [1.54, 1.807) is 18.2 Å². The van der Waals surface area contributed by atoms with Crippen LogP contribution >= 0.6 is 0 Å². The Balaban J connectivity index is 1.84. The van der Waals surface area contributed by atoms with E-state index in [2.05, 4.69) is 0 Å². The number of ether oxygens (including phenoxy) is 1. The van der Waals surface area contributed by atoms with Gasteiger partial charge in [0.25, 0.3) is 0 Å². The van der Waals surface area contributed by atoms with Crippen LogP contribution in [0.1, 0.15) is 12.0 Å². The van der Waals surface area contributed by atoms with Crippen molar-refractivity contribution < 1.29 is 22.7 Å². The number of carbonyl (C=O) groups excluding carboxylic acids is 2. The van der Waals surface area contributed by atoms with Crippen molar-refractivity contribution in [1.29, 1.82) is 0 Å². The van der Waals surface area contributed by atoms with E-state index in [4.69, 9.17) is 4.74 Å². The summed E-state index contributed by atoms with van der Waals surface area (Å²) in [6.45, 7) is 0. The number of anilines is 1. The number of hydrogen-bond acceptors (Lipinski definition) is 5. The first-order chi connectivity index (χ1) is 10.9. The molecule has 0 aromatic heterocycles. The molecule has 2 aliphatic rings. The van der Waals surface area contributed by atoms with Crippen LogP contribution in [0.25, 0.3) is 0 Å². The summed E-state index contributed by atoms with van der Waals surface area (Å²) in [5.74, 6) is -1.14. The maximum absolute atomic E-state index is 12.7. The van der Waals surface area contributed by atoms with Gasteiger partial charge in [0.05, 0.1) is 12.9 Å². The number of allylic oxidation sites excluding steroid dienone is 1. The second-order valence-electron chi connectivity index (χ2n) is 5.76. The zero-order chi connectivity index (χ0) is 16.6. The summed E-state index contributed by atoms with van der Waals surface area (Å²) in [5.41, 5.74) is 1.60. The zero-order valence-electron chi connectivity index (χ0n) is 12.6. The van der Waals surface area contributed by atoms with Crippen LogP contribution in [-0.2, 0) is 30.6 Å². The van der Waals surface area contributed by atoms with Crippen molar-refractivity contribution >= 4 is 27.4 Å². The molecule has 7 heteroatoms. The lowest BCUT2D eigenvalue weighted by atomic mass is 10.1. The third kappa shape index (κ3) is 3.01. The van der Waals surface area contributed by atoms with E-state index < -0.39 is 21.8 Å². The number of nitrogens with zero attached hydrogens (tertiary/aromatic N) is 1. The van der Waals surface area contributed by atoms with E-state index >= 15 is 0 Å². The molecule has 6 nitrogen and oxygen atoms in total. The first-order valence-corrected chi connectivity index (χ1v) is 9.01. The summed E-state index contributed by atoms with van der Waals surface area (Å²) >= 11 is 0. The summed E-state index contributed by atoms with van der Waals surface area (Å²) in [4.78, 5) is 26.2. The Hall–Kier alpha value is -2.15. The van der Waals surface area contributed by atoms with E-state index in [-0.39, 0.29) is 24.0 Å². The van der Waals surface area contributed by atoms with E-state index in [0.717, 1.165) is 11.0 Å². The topological polar surface area (TPSA) is 80.8 Å². The van der Waals surface area contributed by atoms with Gasteiger partial charge in [-0.3, -0.25) is 9.69 Å². The number of sulfone groups is 1. The molecule has 0 saturated heterocycles. The normalized spacial score (nSPS) is 24.5. The fourth-order valence-corrected chi connectivity index (χ4v) is 4.51. The van der Waals surface area contributed by atoms with Crippen LogP contribution in [0.3, 0.4) is 0 Å². The minimum Gasteiger partial charge on any atom is -0.467 e. The second-order valence-corrected chi connectivity index (χ2v) is 7.69. The van der Waals surface area contributed by atoms with Gasteiger partial charge in [-0.25, -0.2) is 13.2 Å². The van der Waals surface area contributed by atoms with Crippen molar-refractivity contribution in [2.75, 3.05) is 17.8 Å². The number of esters is 1. The molecular weight excluding hydrogens is 318 g/mol. The van der Waals surface area contributed by atoms with E-state index in [1.807, 2.05) is 12.1 Å². The Kier molecular flexibility index (Phi) is 3.97. The molecule has 2 aliphatic heterocycles. The molecule has 2 unspecified atom stereocenters. The molecule has 1 aromatic rings. The number of methoxy groups -OCH3 is 1. The van der Waals surface area contributed by atoms with Gasteiger partial charge >= 0.3 is 5.97 Å². The second kappa shape index (κ2) is 5.81. The van der Waals surface area contributed by atoms with Gasteiger partial charge in [0.2, 0.25) is 5.91 Å². The molecule has 3 rings (SSSR count). The van der Waals surface area contributed by atoms with Crippen LogP contribution in [-0.4, -0.2) is 39.2 Å². The fraction of sp³-hybridized carbons (Fsp3) is 0.375. The number of amides is 1. The zero-order valence-corrected chi connectivity index (χ0v) is 13.5. The molecule has 23 heavy (non-hydrogen) atoms. The van der Waals surface area contributed by atoms with Crippen LogP contribution in [0.15, 0.2) is 35.7 Å². The molecule has 1 amide bonds. The SMILES string of the molecule is COC(=O)C1Cc2ccccc2N1C(=O)CC1C=CS(=O)(=O)C1. The first-order valence-electron chi connectivity index (χ1n) is 7.30. The van der Waals surface area contributed by atoms with Crippen LogP contribution in [0.2, 0.25) is 0 Å². The number of hydrogen-bond donors (Lipinski definition) is 0. The third-order valence-corrected chi connectivity index (χ3v) is 5.62. The number of fused-ring (bicyclic) bond motifs is 1. The van der Waals surface area contributed by atoms with Crippen molar-refractivity contribution in [2.24, 2.45) is 5.92 Å². The van der Waals surface area contributed by atoms with Gasteiger partial charge in [-0.2, -0.15) is 0 Å². The summed E-state index contributed by atoms with van der Waals surface area (Å²) < 4.78 is 27.8. The van der Waals surface area contributed by atoms with Gasteiger partial charge in [0, 0.05) is 29.9 Å². The Bertz CT molecular complexity index is 783. The minimum absolute atomic E-state index is 0.0531.